The third kappa shape index (κ3) is 7.19. The molecule has 3 aromatic rings. The Labute approximate surface area is 252 Å². The normalized spacial score (nSPS) is 18.5. The maximum atomic E-state index is 14.3. The van der Waals surface area contributed by atoms with Crippen molar-refractivity contribution in [2.75, 3.05) is 33.3 Å². The molecular weight excluding hydrogens is 548 g/mol. The number of nitrogens with one attached hydrogen (secondary N) is 2. The second-order valence-corrected chi connectivity index (χ2v) is 12.5. The summed E-state index contributed by atoms with van der Waals surface area (Å²) in [6, 6.07) is 19.2. The van der Waals surface area contributed by atoms with E-state index in [2.05, 4.69) is 15.5 Å². The van der Waals surface area contributed by atoms with Gasteiger partial charge in [-0.2, -0.15) is 0 Å². The van der Waals surface area contributed by atoms with E-state index in [0.717, 1.165) is 60.8 Å². The standard InChI is InChI=1S/C33H42N4O4S/c1-41-29-16-7-10-21-36(29)22-11-20-34-32(40)37(23-17-25-12-3-2-4-13-25)31(39)33(18-8-9-19-33)35-30(38)28-24-26-14-5-6-15-27(26)42-28/h2-6,12-15,24,29H,7-11,16-23H2,1H3,(H,34,40)(H,35,38). The molecule has 0 radical (unpaired) electrons. The number of benzene rings is 2. The number of thiophene rings is 1. The summed E-state index contributed by atoms with van der Waals surface area (Å²) in [6.07, 6.45) is 7.48. The van der Waals surface area contributed by atoms with Crippen molar-refractivity contribution >= 4 is 39.3 Å². The Bertz CT molecular complexity index is 1320. The van der Waals surface area contributed by atoms with Crippen molar-refractivity contribution < 1.29 is 19.1 Å². The molecule has 2 N–H and O–H groups in total. The van der Waals surface area contributed by atoms with E-state index in [4.69, 9.17) is 4.74 Å². The van der Waals surface area contributed by atoms with Gasteiger partial charge in [0.25, 0.3) is 11.8 Å². The Morgan fingerprint density at radius 3 is 2.55 bits per heavy atom. The van der Waals surface area contributed by atoms with Gasteiger partial charge in [-0.3, -0.25) is 19.4 Å². The minimum Gasteiger partial charge on any atom is -0.366 e. The first kappa shape index (κ1) is 30.2. The second kappa shape index (κ2) is 14.3. The second-order valence-electron chi connectivity index (χ2n) is 11.4. The Balaban J connectivity index is 1.28. The molecule has 1 unspecified atom stereocenters. The number of methoxy groups -OCH3 is 1. The van der Waals surface area contributed by atoms with Crippen LogP contribution >= 0.6 is 11.3 Å². The van der Waals surface area contributed by atoms with E-state index in [0.29, 0.717) is 30.7 Å². The van der Waals surface area contributed by atoms with Gasteiger partial charge >= 0.3 is 6.03 Å². The number of rotatable bonds is 11. The molecular formula is C33H42N4O4S. The number of imide groups is 1. The molecule has 1 saturated carbocycles. The highest BCUT2D eigenvalue weighted by Crippen LogP contribution is 2.33. The Morgan fingerprint density at radius 1 is 1.02 bits per heavy atom. The lowest BCUT2D eigenvalue weighted by atomic mass is 9.94. The van der Waals surface area contributed by atoms with Gasteiger partial charge in [0.15, 0.2) is 0 Å². The molecule has 1 aliphatic carbocycles. The first-order valence-electron chi connectivity index (χ1n) is 15.2. The summed E-state index contributed by atoms with van der Waals surface area (Å²) in [5.74, 6) is -0.581. The zero-order valence-electron chi connectivity index (χ0n) is 24.5. The number of nitrogens with zero attached hydrogens (tertiary/aromatic N) is 2. The fourth-order valence-corrected chi connectivity index (χ4v) is 7.20. The fourth-order valence-electron chi connectivity index (χ4n) is 6.24. The minimum atomic E-state index is -1.10. The number of hydrogen-bond acceptors (Lipinski definition) is 6. The molecule has 9 heteroatoms. The predicted molar refractivity (Wildman–Crippen MR) is 167 cm³/mol. The van der Waals surface area contributed by atoms with Gasteiger partial charge in [0.1, 0.15) is 11.8 Å². The van der Waals surface area contributed by atoms with Crippen LogP contribution < -0.4 is 10.6 Å². The maximum Gasteiger partial charge on any atom is 0.324 e. The smallest absolute Gasteiger partial charge is 0.324 e. The predicted octanol–water partition coefficient (Wildman–Crippen LogP) is 5.57. The van der Waals surface area contributed by atoms with E-state index in [9.17, 15) is 14.4 Å². The van der Waals surface area contributed by atoms with Crippen molar-refractivity contribution in [3.63, 3.8) is 0 Å². The van der Waals surface area contributed by atoms with Crippen molar-refractivity contribution in [1.82, 2.24) is 20.4 Å². The molecule has 0 spiro atoms. The molecule has 2 aliphatic rings. The third-order valence-electron chi connectivity index (χ3n) is 8.55. The summed E-state index contributed by atoms with van der Waals surface area (Å²) < 4.78 is 6.65. The fraction of sp³-hybridized carbons (Fsp3) is 0.485. The Morgan fingerprint density at radius 2 is 1.79 bits per heavy atom. The van der Waals surface area contributed by atoms with Gasteiger partial charge in [0.05, 0.1) is 4.88 Å². The molecule has 1 saturated heterocycles. The molecule has 5 rings (SSSR count). The van der Waals surface area contributed by atoms with Gasteiger partial charge in [-0.1, -0.05) is 61.4 Å². The molecule has 224 valence electrons. The maximum absolute atomic E-state index is 14.3. The van der Waals surface area contributed by atoms with E-state index in [1.165, 1.54) is 22.7 Å². The van der Waals surface area contributed by atoms with Crippen LogP contribution in [0.15, 0.2) is 60.7 Å². The number of urea groups is 1. The monoisotopic (exact) mass is 590 g/mol. The van der Waals surface area contributed by atoms with Gasteiger partial charge in [0, 0.05) is 38.0 Å². The number of carbonyl (C=O) groups is 3. The van der Waals surface area contributed by atoms with Crippen molar-refractivity contribution in [3.8, 4) is 0 Å². The molecule has 4 amide bonds. The van der Waals surface area contributed by atoms with Crippen LogP contribution in [-0.2, 0) is 16.0 Å². The van der Waals surface area contributed by atoms with Crippen molar-refractivity contribution in [1.29, 1.82) is 0 Å². The first-order chi connectivity index (χ1) is 20.5. The summed E-state index contributed by atoms with van der Waals surface area (Å²) in [7, 11) is 1.75. The lowest BCUT2D eigenvalue weighted by Crippen LogP contribution is -2.61. The zero-order chi connectivity index (χ0) is 29.4. The van der Waals surface area contributed by atoms with Gasteiger partial charge in [-0.15, -0.1) is 11.3 Å². The molecule has 1 aromatic heterocycles. The van der Waals surface area contributed by atoms with Gasteiger partial charge in [-0.05, 0) is 68.0 Å². The topological polar surface area (TPSA) is 91.0 Å². The first-order valence-corrected chi connectivity index (χ1v) is 16.0. The number of amides is 4. The number of hydrogen-bond donors (Lipinski definition) is 2. The molecule has 2 fully saturated rings. The van der Waals surface area contributed by atoms with Crippen LogP contribution in [-0.4, -0.2) is 72.7 Å². The van der Waals surface area contributed by atoms with Crippen molar-refractivity contribution in [3.05, 3.63) is 71.1 Å². The van der Waals surface area contributed by atoms with E-state index in [1.54, 1.807) is 7.11 Å². The van der Waals surface area contributed by atoms with Crippen LogP contribution in [0.5, 0.6) is 0 Å². The van der Waals surface area contributed by atoms with Gasteiger partial charge in [0.2, 0.25) is 0 Å². The number of ether oxygens (including phenoxy) is 1. The number of fused-ring (bicyclic) bond motifs is 1. The summed E-state index contributed by atoms with van der Waals surface area (Å²) >= 11 is 1.42. The number of piperidine rings is 1. The Hall–Kier alpha value is -3.27. The molecule has 0 bridgehead atoms. The molecule has 2 aromatic carbocycles. The summed E-state index contributed by atoms with van der Waals surface area (Å²) in [5, 5.41) is 7.11. The van der Waals surface area contributed by atoms with E-state index in [1.807, 2.05) is 60.7 Å². The van der Waals surface area contributed by atoms with Crippen LogP contribution in [0.2, 0.25) is 0 Å². The SMILES string of the molecule is COC1CCCCN1CCCNC(=O)N(CCc1ccccc1)C(=O)C1(NC(=O)c2cc3ccccc3s2)CCCC1. The largest absolute Gasteiger partial charge is 0.366 e. The van der Waals surface area contributed by atoms with Gasteiger partial charge < -0.3 is 15.4 Å². The van der Waals surface area contributed by atoms with Crippen molar-refractivity contribution in [2.45, 2.75) is 69.6 Å². The van der Waals surface area contributed by atoms with Crippen molar-refractivity contribution in [2.24, 2.45) is 0 Å². The highest BCUT2D eigenvalue weighted by atomic mass is 32.1. The lowest BCUT2D eigenvalue weighted by molar-refractivity contribution is -0.134. The van der Waals surface area contributed by atoms with E-state index >= 15 is 0 Å². The van der Waals surface area contributed by atoms with E-state index < -0.39 is 11.6 Å². The molecule has 1 aliphatic heterocycles. The summed E-state index contributed by atoms with van der Waals surface area (Å²) in [5.41, 5.74) is -0.0468. The average molecular weight is 591 g/mol. The molecule has 2 heterocycles. The van der Waals surface area contributed by atoms with Crippen LogP contribution in [0.1, 0.15) is 66.6 Å². The van der Waals surface area contributed by atoms with Crippen LogP contribution in [0.25, 0.3) is 10.1 Å². The van der Waals surface area contributed by atoms with Crippen LogP contribution in [0.3, 0.4) is 0 Å². The van der Waals surface area contributed by atoms with E-state index in [-0.39, 0.29) is 24.6 Å². The van der Waals surface area contributed by atoms with Gasteiger partial charge in [-0.25, -0.2) is 4.79 Å². The highest BCUT2D eigenvalue weighted by Gasteiger charge is 2.46. The minimum absolute atomic E-state index is 0.130. The third-order valence-corrected chi connectivity index (χ3v) is 9.66. The lowest BCUT2D eigenvalue weighted by Gasteiger charge is -2.35. The van der Waals surface area contributed by atoms with Crippen LogP contribution in [0, 0.1) is 0 Å². The Kier molecular flexibility index (Phi) is 10.3. The molecule has 42 heavy (non-hydrogen) atoms. The number of likely N-dealkylation sites (tertiary alicyclic amines) is 1. The summed E-state index contributed by atoms with van der Waals surface area (Å²) in [4.78, 5) is 45.6. The summed E-state index contributed by atoms with van der Waals surface area (Å²) in [6.45, 7) is 2.52. The average Bonchev–Trinajstić information content (AvgIpc) is 3.68. The zero-order valence-corrected chi connectivity index (χ0v) is 25.3. The molecule has 8 nitrogen and oxygen atoms in total. The van der Waals surface area contributed by atoms with Crippen LogP contribution in [0.4, 0.5) is 4.79 Å². The quantitative estimate of drug-likeness (QED) is 0.285. The number of carbonyl (C=O) groups excluding carboxylic acids is 3. The highest BCUT2D eigenvalue weighted by molar-refractivity contribution is 7.20. The molecule has 1 atom stereocenters.